The van der Waals surface area contributed by atoms with Crippen LogP contribution in [-0.4, -0.2) is 40.8 Å². The van der Waals surface area contributed by atoms with Crippen molar-refractivity contribution in [3.8, 4) is 0 Å². The Kier molecular flexibility index (Phi) is 6.08. The molecule has 1 saturated heterocycles. The zero-order valence-electron chi connectivity index (χ0n) is 15.8. The summed E-state index contributed by atoms with van der Waals surface area (Å²) in [6.07, 6.45) is 6.96. The van der Waals surface area contributed by atoms with E-state index >= 15 is 0 Å². The average Bonchev–Trinajstić information content (AvgIpc) is 2.68. The van der Waals surface area contributed by atoms with Crippen molar-refractivity contribution in [2.24, 2.45) is 5.92 Å². The first-order valence-corrected chi connectivity index (χ1v) is 9.80. The van der Waals surface area contributed by atoms with Crippen molar-refractivity contribution in [1.82, 2.24) is 10.2 Å². The van der Waals surface area contributed by atoms with Gasteiger partial charge in [0.15, 0.2) is 0 Å². The van der Waals surface area contributed by atoms with Gasteiger partial charge in [-0.2, -0.15) is 0 Å². The van der Waals surface area contributed by atoms with Gasteiger partial charge in [-0.1, -0.05) is 25.3 Å². The summed E-state index contributed by atoms with van der Waals surface area (Å²) in [5.41, 5.74) is 0.787. The van der Waals surface area contributed by atoms with Crippen LogP contribution in [0.25, 0.3) is 0 Å². The third-order valence-corrected chi connectivity index (χ3v) is 5.76. The number of carbonyl (C=O) groups excluding carboxylic acids is 2. The first kappa shape index (κ1) is 19.3. The maximum absolute atomic E-state index is 12.6. The van der Waals surface area contributed by atoms with E-state index in [0.29, 0.717) is 24.2 Å². The average molecular weight is 373 g/mol. The maximum Gasteiger partial charge on any atom is 0.273 e. The second-order valence-corrected chi connectivity index (χ2v) is 7.67. The molecule has 1 aromatic rings. The van der Waals surface area contributed by atoms with Gasteiger partial charge in [0.25, 0.3) is 11.6 Å². The summed E-state index contributed by atoms with van der Waals surface area (Å²) in [5, 5.41) is 14.0. The molecule has 2 aliphatic rings. The van der Waals surface area contributed by atoms with E-state index in [1.165, 1.54) is 12.5 Å². The van der Waals surface area contributed by atoms with Crippen molar-refractivity contribution in [2.45, 2.75) is 57.9 Å². The van der Waals surface area contributed by atoms with Gasteiger partial charge in [-0.25, -0.2) is 0 Å². The molecule has 0 aromatic heterocycles. The lowest BCUT2D eigenvalue weighted by atomic mass is 9.87. The number of nitro benzene ring substituents is 1. The van der Waals surface area contributed by atoms with Crippen LogP contribution in [-0.2, 0) is 4.79 Å². The molecule has 1 aromatic carbocycles. The molecule has 0 bridgehead atoms. The third-order valence-electron chi connectivity index (χ3n) is 5.76. The van der Waals surface area contributed by atoms with Crippen LogP contribution < -0.4 is 5.32 Å². The number of nitrogens with zero attached hydrogens (tertiary/aromatic N) is 2. The first-order chi connectivity index (χ1) is 13.0. The van der Waals surface area contributed by atoms with Crippen molar-refractivity contribution in [2.75, 3.05) is 13.1 Å². The highest BCUT2D eigenvalue weighted by molar-refractivity contribution is 5.95. The fraction of sp³-hybridized carbons (Fsp3) is 0.600. The standard InChI is InChI=1S/C20H27N3O4/c1-14-7-8-16(13-18(14)23(26)27)19(24)21-17-9-11-22(12-10-17)20(25)15-5-3-2-4-6-15/h7-8,13,15,17H,2-6,9-12H2,1H3,(H,21,24). The number of aryl methyl sites for hydroxylation is 1. The maximum atomic E-state index is 12.6. The summed E-state index contributed by atoms with van der Waals surface area (Å²) >= 11 is 0. The highest BCUT2D eigenvalue weighted by Gasteiger charge is 2.29. The highest BCUT2D eigenvalue weighted by atomic mass is 16.6. The molecule has 2 amide bonds. The number of piperidine rings is 1. The van der Waals surface area contributed by atoms with Gasteiger partial charge in [-0.15, -0.1) is 0 Å². The predicted octanol–water partition coefficient (Wildman–Crippen LogP) is 3.20. The molecule has 1 aliphatic carbocycles. The molecule has 0 spiro atoms. The number of carbonyl (C=O) groups is 2. The number of benzene rings is 1. The summed E-state index contributed by atoms with van der Waals surface area (Å²) in [4.78, 5) is 37.6. The molecule has 0 atom stereocenters. The van der Waals surface area contributed by atoms with Gasteiger partial charge < -0.3 is 10.2 Å². The molecular formula is C20H27N3O4. The van der Waals surface area contributed by atoms with E-state index in [-0.39, 0.29) is 29.5 Å². The van der Waals surface area contributed by atoms with Crippen LogP contribution in [0, 0.1) is 23.0 Å². The quantitative estimate of drug-likeness (QED) is 0.648. The van der Waals surface area contributed by atoms with Crippen LogP contribution in [0.3, 0.4) is 0 Å². The number of likely N-dealkylation sites (tertiary alicyclic amines) is 1. The Bertz CT molecular complexity index is 720. The lowest BCUT2D eigenvalue weighted by molar-refractivity contribution is -0.385. The molecule has 1 N–H and O–H groups in total. The van der Waals surface area contributed by atoms with E-state index in [1.807, 2.05) is 4.90 Å². The molecule has 3 rings (SSSR count). The van der Waals surface area contributed by atoms with E-state index in [0.717, 1.165) is 38.5 Å². The van der Waals surface area contributed by atoms with Crippen LogP contribution >= 0.6 is 0 Å². The fourth-order valence-electron chi connectivity index (χ4n) is 4.07. The lowest BCUT2D eigenvalue weighted by Gasteiger charge is -2.35. The zero-order valence-corrected chi connectivity index (χ0v) is 15.8. The normalized spacial score (nSPS) is 18.9. The molecule has 7 nitrogen and oxygen atoms in total. The predicted molar refractivity (Wildman–Crippen MR) is 101 cm³/mol. The minimum Gasteiger partial charge on any atom is -0.349 e. The molecule has 0 unspecified atom stereocenters. The Balaban J connectivity index is 1.53. The van der Waals surface area contributed by atoms with E-state index in [2.05, 4.69) is 5.32 Å². The van der Waals surface area contributed by atoms with Gasteiger partial charge in [-0.05, 0) is 38.7 Å². The van der Waals surface area contributed by atoms with Gasteiger partial charge in [-0.3, -0.25) is 19.7 Å². The Morgan fingerprint density at radius 2 is 1.78 bits per heavy atom. The summed E-state index contributed by atoms with van der Waals surface area (Å²) in [6.45, 7) is 2.97. The molecule has 146 valence electrons. The van der Waals surface area contributed by atoms with Gasteiger partial charge in [0.2, 0.25) is 5.91 Å². The second kappa shape index (κ2) is 8.50. The Hall–Kier alpha value is -2.44. The number of hydrogen-bond donors (Lipinski definition) is 1. The van der Waals surface area contributed by atoms with Crippen molar-refractivity contribution >= 4 is 17.5 Å². The monoisotopic (exact) mass is 373 g/mol. The van der Waals surface area contributed by atoms with Crippen LogP contribution in [0.5, 0.6) is 0 Å². The topological polar surface area (TPSA) is 92.6 Å². The molecule has 1 aliphatic heterocycles. The Labute approximate surface area is 159 Å². The summed E-state index contributed by atoms with van der Waals surface area (Å²) in [5.74, 6) is 0.154. The fourth-order valence-corrected chi connectivity index (χ4v) is 4.07. The van der Waals surface area contributed by atoms with E-state index in [4.69, 9.17) is 0 Å². The summed E-state index contributed by atoms with van der Waals surface area (Å²) in [6, 6.07) is 4.53. The highest BCUT2D eigenvalue weighted by Crippen LogP contribution is 2.27. The molecule has 2 fully saturated rings. The molecule has 0 radical (unpaired) electrons. The van der Waals surface area contributed by atoms with E-state index in [1.54, 1.807) is 19.1 Å². The molecular weight excluding hydrogens is 346 g/mol. The number of rotatable bonds is 4. The minimum atomic E-state index is -0.471. The Morgan fingerprint density at radius 3 is 2.41 bits per heavy atom. The summed E-state index contributed by atoms with van der Waals surface area (Å²) < 4.78 is 0. The minimum absolute atomic E-state index is 0.00624. The van der Waals surface area contributed by atoms with Crippen LogP contribution in [0.4, 0.5) is 5.69 Å². The molecule has 1 saturated carbocycles. The van der Waals surface area contributed by atoms with Gasteiger partial charge in [0.1, 0.15) is 0 Å². The van der Waals surface area contributed by atoms with Gasteiger partial charge in [0.05, 0.1) is 4.92 Å². The van der Waals surface area contributed by atoms with Crippen LogP contribution in [0.1, 0.15) is 60.9 Å². The van der Waals surface area contributed by atoms with Crippen molar-refractivity contribution in [3.05, 3.63) is 39.4 Å². The summed E-state index contributed by atoms with van der Waals surface area (Å²) in [7, 11) is 0. The number of nitro groups is 1. The lowest BCUT2D eigenvalue weighted by Crippen LogP contribution is -2.48. The van der Waals surface area contributed by atoms with E-state index in [9.17, 15) is 19.7 Å². The van der Waals surface area contributed by atoms with Crippen molar-refractivity contribution < 1.29 is 14.5 Å². The van der Waals surface area contributed by atoms with Crippen molar-refractivity contribution in [3.63, 3.8) is 0 Å². The van der Waals surface area contributed by atoms with Crippen LogP contribution in [0.15, 0.2) is 18.2 Å². The third kappa shape index (κ3) is 4.64. The zero-order chi connectivity index (χ0) is 19.4. The van der Waals surface area contributed by atoms with Gasteiger partial charge in [0, 0.05) is 42.2 Å². The number of amides is 2. The smallest absolute Gasteiger partial charge is 0.273 e. The Morgan fingerprint density at radius 1 is 1.11 bits per heavy atom. The molecule has 7 heteroatoms. The number of hydrogen-bond acceptors (Lipinski definition) is 4. The van der Waals surface area contributed by atoms with Crippen molar-refractivity contribution in [1.29, 1.82) is 0 Å². The first-order valence-electron chi connectivity index (χ1n) is 9.80. The second-order valence-electron chi connectivity index (χ2n) is 7.67. The number of nitrogens with one attached hydrogen (secondary N) is 1. The molecule has 1 heterocycles. The van der Waals surface area contributed by atoms with E-state index < -0.39 is 4.92 Å². The molecule has 27 heavy (non-hydrogen) atoms. The SMILES string of the molecule is Cc1ccc(C(=O)NC2CCN(C(=O)C3CCCCC3)CC2)cc1[N+](=O)[O-]. The van der Waals surface area contributed by atoms with Gasteiger partial charge >= 0.3 is 0 Å². The largest absolute Gasteiger partial charge is 0.349 e. The van der Waals surface area contributed by atoms with Crippen LogP contribution in [0.2, 0.25) is 0 Å².